The molecule has 2 rings (SSSR count). The van der Waals surface area contributed by atoms with Crippen molar-refractivity contribution >= 4 is 23.2 Å². The van der Waals surface area contributed by atoms with E-state index in [4.69, 9.17) is 10.5 Å². The fourth-order valence-corrected chi connectivity index (χ4v) is 2.41. The first kappa shape index (κ1) is 15.0. The van der Waals surface area contributed by atoms with Gasteiger partial charge in [0.05, 0.1) is 13.2 Å². The van der Waals surface area contributed by atoms with Crippen molar-refractivity contribution in [1.29, 1.82) is 0 Å². The normalized spacial score (nSPS) is 11.7. The molecular weight excluding hydrogens is 290 g/mol. The second kappa shape index (κ2) is 6.36. The van der Waals surface area contributed by atoms with E-state index in [0.717, 1.165) is 22.6 Å². The van der Waals surface area contributed by atoms with E-state index in [9.17, 15) is 9.59 Å². The second-order valence-electron chi connectivity index (χ2n) is 4.37. The first-order chi connectivity index (χ1) is 10.0. The summed E-state index contributed by atoms with van der Waals surface area (Å²) < 4.78 is 5.15. The Labute approximate surface area is 125 Å². The van der Waals surface area contributed by atoms with Crippen LogP contribution in [0.1, 0.15) is 38.8 Å². The van der Waals surface area contributed by atoms with Gasteiger partial charge in [0, 0.05) is 5.38 Å². The van der Waals surface area contributed by atoms with E-state index in [1.54, 1.807) is 7.11 Å². The van der Waals surface area contributed by atoms with Crippen molar-refractivity contribution in [3.8, 4) is 5.75 Å². The zero-order valence-corrected chi connectivity index (χ0v) is 12.4. The van der Waals surface area contributed by atoms with Gasteiger partial charge < -0.3 is 15.8 Å². The predicted octanol–water partition coefficient (Wildman–Crippen LogP) is 1.74. The number of carbonyl (C=O) groups is 2. The zero-order valence-electron chi connectivity index (χ0n) is 11.6. The SMILES string of the molecule is COc1cccc([C@@H](C)NC(=O)c2csc(C(N)=O)n2)c1. The molecule has 7 heteroatoms. The maximum atomic E-state index is 12.1. The standard InChI is InChI=1S/C14H15N3O3S/c1-8(9-4-3-5-10(6-9)20-2)16-13(19)11-7-21-14(17-11)12(15)18/h3-8H,1-2H3,(H2,15,18)(H,16,19)/t8-/m1/s1. The summed E-state index contributed by atoms with van der Waals surface area (Å²) in [5.41, 5.74) is 6.21. The topological polar surface area (TPSA) is 94.3 Å². The fraction of sp³-hybridized carbons (Fsp3) is 0.214. The van der Waals surface area contributed by atoms with E-state index in [0.29, 0.717) is 0 Å². The Bertz CT molecular complexity index is 669. The van der Waals surface area contributed by atoms with Gasteiger partial charge >= 0.3 is 0 Å². The molecule has 0 fully saturated rings. The van der Waals surface area contributed by atoms with Gasteiger partial charge in [-0.05, 0) is 24.6 Å². The van der Waals surface area contributed by atoms with Crippen LogP contribution >= 0.6 is 11.3 Å². The first-order valence-corrected chi connectivity index (χ1v) is 7.09. The number of nitrogens with two attached hydrogens (primary N) is 1. The van der Waals surface area contributed by atoms with Gasteiger partial charge in [0.25, 0.3) is 11.8 Å². The number of thiazole rings is 1. The third-order valence-corrected chi connectivity index (χ3v) is 3.75. The van der Waals surface area contributed by atoms with E-state index in [1.165, 1.54) is 5.38 Å². The van der Waals surface area contributed by atoms with Crippen LogP contribution in [0.15, 0.2) is 29.6 Å². The van der Waals surface area contributed by atoms with Crippen LogP contribution in [-0.2, 0) is 0 Å². The van der Waals surface area contributed by atoms with E-state index >= 15 is 0 Å². The number of carbonyl (C=O) groups excluding carboxylic acids is 2. The van der Waals surface area contributed by atoms with E-state index in [-0.39, 0.29) is 22.7 Å². The van der Waals surface area contributed by atoms with E-state index in [2.05, 4.69) is 10.3 Å². The number of benzene rings is 1. The van der Waals surface area contributed by atoms with E-state index in [1.807, 2.05) is 31.2 Å². The van der Waals surface area contributed by atoms with Crippen LogP contribution in [0.25, 0.3) is 0 Å². The van der Waals surface area contributed by atoms with Crippen LogP contribution in [0.3, 0.4) is 0 Å². The number of amides is 2. The number of rotatable bonds is 5. The summed E-state index contributed by atoms with van der Waals surface area (Å²) in [5, 5.41) is 4.44. The number of aromatic nitrogens is 1. The Hall–Kier alpha value is -2.41. The van der Waals surface area contributed by atoms with Crippen LogP contribution in [0, 0.1) is 0 Å². The van der Waals surface area contributed by atoms with Gasteiger partial charge in [-0.3, -0.25) is 9.59 Å². The third kappa shape index (κ3) is 3.57. The molecule has 1 aromatic carbocycles. The molecule has 6 nitrogen and oxygen atoms in total. The largest absolute Gasteiger partial charge is 0.497 e. The minimum absolute atomic E-state index is 0.120. The van der Waals surface area contributed by atoms with Gasteiger partial charge in [-0.1, -0.05) is 12.1 Å². The number of hydrogen-bond acceptors (Lipinski definition) is 5. The lowest BCUT2D eigenvalue weighted by molar-refractivity contribution is 0.0935. The lowest BCUT2D eigenvalue weighted by Crippen LogP contribution is -2.27. The second-order valence-corrected chi connectivity index (χ2v) is 5.23. The molecule has 0 unspecified atom stereocenters. The molecule has 0 aliphatic heterocycles. The highest BCUT2D eigenvalue weighted by atomic mass is 32.1. The summed E-state index contributed by atoms with van der Waals surface area (Å²) in [7, 11) is 1.59. The Balaban J connectivity index is 2.08. The summed E-state index contributed by atoms with van der Waals surface area (Å²) in [5.74, 6) is -0.271. The number of primary amides is 1. The molecule has 1 heterocycles. The molecule has 0 bridgehead atoms. The van der Waals surface area contributed by atoms with E-state index < -0.39 is 5.91 Å². The number of nitrogens with zero attached hydrogens (tertiary/aromatic N) is 1. The molecule has 1 atom stereocenters. The fourth-order valence-electron chi connectivity index (χ4n) is 1.76. The molecule has 0 aliphatic rings. The monoisotopic (exact) mass is 305 g/mol. The van der Waals surface area contributed by atoms with Gasteiger partial charge in [0.2, 0.25) is 0 Å². The van der Waals surface area contributed by atoms with Gasteiger partial charge in [0.15, 0.2) is 5.01 Å². The highest BCUT2D eigenvalue weighted by Crippen LogP contribution is 2.19. The molecule has 1 aromatic heterocycles. The molecule has 2 amide bonds. The summed E-state index contributed by atoms with van der Waals surface area (Å²) in [6.45, 7) is 1.86. The molecule has 3 N–H and O–H groups in total. The Morgan fingerprint density at radius 1 is 1.43 bits per heavy atom. The zero-order chi connectivity index (χ0) is 15.4. The minimum Gasteiger partial charge on any atom is -0.497 e. The number of methoxy groups -OCH3 is 1. The lowest BCUT2D eigenvalue weighted by atomic mass is 10.1. The van der Waals surface area contributed by atoms with Crippen LogP contribution in [0.2, 0.25) is 0 Å². The summed E-state index contributed by atoms with van der Waals surface area (Å²) in [4.78, 5) is 26.9. The van der Waals surface area contributed by atoms with Crippen molar-refractivity contribution in [3.05, 3.63) is 45.9 Å². The van der Waals surface area contributed by atoms with Gasteiger partial charge in [-0.25, -0.2) is 4.98 Å². The van der Waals surface area contributed by atoms with Gasteiger partial charge in [0.1, 0.15) is 11.4 Å². The van der Waals surface area contributed by atoms with Crippen molar-refractivity contribution < 1.29 is 14.3 Å². The predicted molar refractivity (Wildman–Crippen MR) is 79.5 cm³/mol. The molecule has 21 heavy (non-hydrogen) atoms. The van der Waals surface area contributed by atoms with Crippen molar-refractivity contribution in [2.75, 3.05) is 7.11 Å². The van der Waals surface area contributed by atoms with Crippen LogP contribution < -0.4 is 15.8 Å². The minimum atomic E-state index is -0.639. The lowest BCUT2D eigenvalue weighted by Gasteiger charge is -2.14. The Morgan fingerprint density at radius 2 is 2.19 bits per heavy atom. The highest BCUT2D eigenvalue weighted by Gasteiger charge is 2.16. The highest BCUT2D eigenvalue weighted by molar-refractivity contribution is 7.11. The van der Waals surface area contributed by atoms with Gasteiger partial charge in [-0.2, -0.15) is 0 Å². The molecule has 0 aliphatic carbocycles. The number of hydrogen-bond donors (Lipinski definition) is 2. The number of nitrogens with one attached hydrogen (secondary N) is 1. The summed E-state index contributed by atoms with van der Waals surface area (Å²) in [6, 6.07) is 7.21. The Morgan fingerprint density at radius 3 is 2.81 bits per heavy atom. The van der Waals surface area contributed by atoms with Crippen molar-refractivity contribution in [3.63, 3.8) is 0 Å². The summed E-state index contributed by atoms with van der Waals surface area (Å²) in [6.07, 6.45) is 0. The quantitative estimate of drug-likeness (QED) is 0.879. The van der Waals surface area contributed by atoms with Crippen LogP contribution in [0.4, 0.5) is 0 Å². The van der Waals surface area contributed by atoms with Crippen LogP contribution in [0.5, 0.6) is 5.75 Å². The summed E-state index contributed by atoms with van der Waals surface area (Å²) >= 11 is 1.05. The smallest absolute Gasteiger partial charge is 0.277 e. The van der Waals surface area contributed by atoms with Gasteiger partial charge in [-0.15, -0.1) is 11.3 Å². The van der Waals surface area contributed by atoms with Crippen LogP contribution in [-0.4, -0.2) is 23.9 Å². The first-order valence-electron chi connectivity index (χ1n) is 6.21. The molecular formula is C14H15N3O3S. The molecule has 2 aromatic rings. The average molecular weight is 305 g/mol. The maximum absolute atomic E-state index is 12.1. The molecule has 0 radical (unpaired) electrons. The molecule has 0 spiro atoms. The average Bonchev–Trinajstić information content (AvgIpc) is 2.97. The van der Waals surface area contributed by atoms with Crippen molar-refractivity contribution in [1.82, 2.24) is 10.3 Å². The molecule has 0 saturated carbocycles. The van der Waals surface area contributed by atoms with Crippen molar-refractivity contribution in [2.45, 2.75) is 13.0 Å². The molecule has 110 valence electrons. The van der Waals surface area contributed by atoms with Crippen molar-refractivity contribution in [2.24, 2.45) is 5.73 Å². The molecule has 0 saturated heterocycles. The Kier molecular flexibility index (Phi) is 4.54. The number of ether oxygens (including phenoxy) is 1. The third-order valence-electron chi connectivity index (χ3n) is 2.89. The maximum Gasteiger partial charge on any atom is 0.277 e.